The number of benzene rings is 1. The summed E-state index contributed by atoms with van der Waals surface area (Å²) in [5.74, 6) is 0.865. The number of fused-ring (bicyclic) bond motifs is 1. The molecule has 0 saturated heterocycles. The Balaban J connectivity index is 2.75. The van der Waals surface area contributed by atoms with E-state index in [0.717, 1.165) is 42.7 Å². The molecule has 1 aromatic carbocycles. The fourth-order valence-electron chi connectivity index (χ4n) is 2.35. The number of nitrogens with zero attached hydrogens (tertiary/aromatic N) is 2. The monoisotopic (exact) mass is 245 g/mol. The minimum absolute atomic E-state index is 0.697. The van der Waals surface area contributed by atoms with E-state index in [1.165, 1.54) is 5.56 Å². The number of aromatic nitrogens is 2. The van der Waals surface area contributed by atoms with E-state index < -0.39 is 0 Å². The summed E-state index contributed by atoms with van der Waals surface area (Å²) in [6, 6.07) is 3.82. The number of hydrogen-bond donors (Lipinski definition) is 1. The average Bonchev–Trinajstić information content (AvgIpc) is 2.76. The van der Waals surface area contributed by atoms with Crippen molar-refractivity contribution >= 4 is 23.3 Å². The van der Waals surface area contributed by atoms with Crippen LogP contribution in [0.5, 0.6) is 0 Å². The lowest BCUT2D eigenvalue weighted by Gasteiger charge is -2.09. The van der Waals surface area contributed by atoms with E-state index in [1.807, 2.05) is 19.2 Å². The molecule has 1 N–H and O–H groups in total. The summed E-state index contributed by atoms with van der Waals surface area (Å²) in [4.78, 5) is 15.5. The zero-order valence-electron chi connectivity index (χ0n) is 11.2. The SMILES string of the molecule is CCCn1c(NC)nc2cc(C=O)cc(CC)c21. The van der Waals surface area contributed by atoms with Crippen LogP contribution in [0, 0.1) is 0 Å². The molecular formula is C14H19N3O. The van der Waals surface area contributed by atoms with Crippen molar-refractivity contribution in [1.82, 2.24) is 9.55 Å². The van der Waals surface area contributed by atoms with Crippen LogP contribution in [0.4, 0.5) is 5.95 Å². The highest BCUT2D eigenvalue weighted by Crippen LogP contribution is 2.25. The number of carbonyl (C=O) groups is 1. The summed E-state index contributed by atoms with van der Waals surface area (Å²) in [6.45, 7) is 5.18. The molecule has 0 spiro atoms. The van der Waals surface area contributed by atoms with Gasteiger partial charge in [0.05, 0.1) is 11.0 Å². The van der Waals surface area contributed by atoms with Crippen molar-refractivity contribution < 1.29 is 4.79 Å². The molecular weight excluding hydrogens is 226 g/mol. The predicted molar refractivity (Wildman–Crippen MR) is 74.3 cm³/mol. The first-order valence-corrected chi connectivity index (χ1v) is 6.41. The molecule has 0 fully saturated rings. The van der Waals surface area contributed by atoms with Gasteiger partial charge in [-0.05, 0) is 30.5 Å². The van der Waals surface area contributed by atoms with Crippen molar-refractivity contribution in [3.63, 3.8) is 0 Å². The molecule has 0 aliphatic heterocycles. The molecule has 4 heteroatoms. The first kappa shape index (κ1) is 12.6. The second-order valence-corrected chi connectivity index (χ2v) is 4.36. The maximum atomic E-state index is 11.0. The van der Waals surface area contributed by atoms with Gasteiger partial charge in [0.15, 0.2) is 0 Å². The fourth-order valence-corrected chi connectivity index (χ4v) is 2.35. The zero-order chi connectivity index (χ0) is 13.1. The van der Waals surface area contributed by atoms with Crippen LogP contribution < -0.4 is 5.32 Å². The minimum Gasteiger partial charge on any atom is -0.359 e. The molecule has 0 aliphatic rings. The maximum Gasteiger partial charge on any atom is 0.203 e. The number of imidazole rings is 1. The molecule has 96 valence electrons. The largest absolute Gasteiger partial charge is 0.359 e. The average molecular weight is 245 g/mol. The maximum absolute atomic E-state index is 11.0. The van der Waals surface area contributed by atoms with Gasteiger partial charge in [-0.15, -0.1) is 0 Å². The summed E-state index contributed by atoms with van der Waals surface area (Å²) in [6.07, 6.45) is 2.84. The molecule has 2 rings (SSSR count). The lowest BCUT2D eigenvalue weighted by Crippen LogP contribution is -2.04. The second kappa shape index (κ2) is 5.21. The van der Waals surface area contributed by atoms with Crippen LogP contribution in [0.25, 0.3) is 11.0 Å². The highest BCUT2D eigenvalue weighted by Gasteiger charge is 2.13. The van der Waals surface area contributed by atoms with Crippen LogP contribution in [0.15, 0.2) is 12.1 Å². The standard InChI is InChI=1S/C14H19N3O/c1-4-6-17-13-11(5-2)7-10(9-18)8-12(13)16-14(17)15-3/h7-9H,4-6H2,1-3H3,(H,15,16). The van der Waals surface area contributed by atoms with E-state index in [-0.39, 0.29) is 0 Å². The summed E-state index contributed by atoms with van der Waals surface area (Å²) < 4.78 is 2.20. The quantitative estimate of drug-likeness (QED) is 0.824. The molecule has 1 aromatic heterocycles. The lowest BCUT2D eigenvalue weighted by atomic mass is 10.1. The highest BCUT2D eigenvalue weighted by atomic mass is 16.1. The van der Waals surface area contributed by atoms with E-state index in [4.69, 9.17) is 0 Å². The van der Waals surface area contributed by atoms with Gasteiger partial charge >= 0.3 is 0 Å². The van der Waals surface area contributed by atoms with Crippen LogP contribution in [0.3, 0.4) is 0 Å². The molecule has 0 bridgehead atoms. The fraction of sp³-hybridized carbons (Fsp3) is 0.429. The van der Waals surface area contributed by atoms with E-state index in [1.54, 1.807) is 0 Å². The van der Waals surface area contributed by atoms with Crippen LogP contribution in [-0.4, -0.2) is 22.9 Å². The Hall–Kier alpha value is -1.84. The van der Waals surface area contributed by atoms with Crippen molar-refractivity contribution in [1.29, 1.82) is 0 Å². The molecule has 0 saturated carbocycles. The number of aldehydes is 1. The summed E-state index contributed by atoms with van der Waals surface area (Å²) >= 11 is 0. The highest BCUT2D eigenvalue weighted by molar-refractivity contribution is 5.89. The van der Waals surface area contributed by atoms with Crippen molar-refractivity contribution in [3.05, 3.63) is 23.3 Å². The van der Waals surface area contributed by atoms with Crippen molar-refractivity contribution in [3.8, 4) is 0 Å². The Kier molecular flexibility index (Phi) is 3.65. The van der Waals surface area contributed by atoms with Gasteiger partial charge in [0.2, 0.25) is 5.95 Å². The Labute approximate surface area is 107 Å². The van der Waals surface area contributed by atoms with Gasteiger partial charge in [-0.2, -0.15) is 0 Å². The summed E-state index contributed by atoms with van der Waals surface area (Å²) in [5.41, 5.74) is 3.92. The molecule has 0 radical (unpaired) electrons. The van der Waals surface area contributed by atoms with Crippen LogP contribution in [0.2, 0.25) is 0 Å². The number of nitrogens with one attached hydrogen (secondary N) is 1. The lowest BCUT2D eigenvalue weighted by molar-refractivity contribution is 0.112. The first-order valence-electron chi connectivity index (χ1n) is 6.41. The van der Waals surface area contributed by atoms with Crippen molar-refractivity contribution in [2.75, 3.05) is 12.4 Å². The molecule has 2 aromatic rings. The molecule has 18 heavy (non-hydrogen) atoms. The van der Waals surface area contributed by atoms with E-state index in [9.17, 15) is 4.79 Å². The number of carbonyl (C=O) groups excluding carboxylic acids is 1. The van der Waals surface area contributed by atoms with E-state index in [0.29, 0.717) is 5.56 Å². The van der Waals surface area contributed by atoms with Gasteiger partial charge in [-0.25, -0.2) is 4.98 Å². The second-order valence-electron chi connectivity index (χ2n) is 4.36. The van der Waals surface area contributed by atoms with Crippen LogP contribution in [0.1, 0.15) is 36.2 Å². The third-order valence-electron chi connectivity index (χ3n) is 3.13. The van der Waals surface area contributed by atoms with Crippen LogP contribution in [-0.2, 0) is 13.0 Å². The molecule has 1 heterocycles. The van der Waals surface area contributed by atoms with Gasteiger partial charge in [-0.1, -0.05) is 13.8 Å². The smallest absolute Gasteiger partial charge is 0.203 e. The van der Waals surface area contributed by atoms with E-state index >= 15 is 0 Å². The normalized spacial score (nSPS) is 10.8. The Morgan fingerprint density at radius 1 is 1.39 bits per heavy atom. The number of aryl methyl sites for hydroxylation is 2. The van der Waals surface area contributed by atoms with Gasteiger partial charge in [-0.3, -0.25) is 4.79 Å². The Morgan fingerprint density at radius 2 is 2.17 bits per heavy atom. The number of rotatable bonds is 5. The number of hydrogen-bond acceptors (Lipinski definition) is 3. The van der Waals surface area contributed by atoms with Crippen LogP contribution >= 0.6 is 0 Å². The molecule has 4 nitrogen and oxygen atoms in total. The Morgan fingerprint density at radius 3 is 2.72 bits per heavy atom. The van der Waals surface area contributed by atoms with E-state index in [2.05, 4.69) is 28.7 Å². The third kappa shape index (κ3) is 1.98. The Bertz CT molecular complexity index is 572. The first-order chi connectivity index (χ1) is 8.74. The van der Waals surface area contributed by atoms with Crippen molar-refractivity contribution in [2.45, 2.75) is 33.2 Å². The molecule has 0 aliphatic carbocycles. The predicted octanol–water partition coefficient (Wildman–Crippen LogP) is 2.86. The van der Waals surface area contributed by atoms with Crippen molar-refractivity contribution in [2.24, 2.45) is 0 Å². The zero-order valence-corrected chi connectivity index (χ0v) is 11.2. The van der Waals surface area contributed by atoms with Gasteiger partial charge < -0.3 is 9.88 Å². The summed E-state index contributed by atoms with van der Waals surface area (Å²) in [7, 11) is 1.87. The third-order valence-corrected chi connectivity index (χ3v) is 3.13. The molecule has 0 amide bonds. The topological polar surface area (TPSA) is 46.9 Å². The molecule has 0 atom stereocenters. The summed E-state index contributed by atoms with van der Waals surface area (Å²) in [5, 5.41) is 3.12. The van der Waals surface area contributed by atoms with Gasteiger partial charge in [0.1, 0.15) is 6.29 Å². The van der Waals surface area contributed by atoms with Gasteiger partial charge in [0, 0.05) is 19.2 Å². The number of anilines is 1. The minimum atomic E-state index is 0.697. The van der Waals surface area contributed by atoms with Gasteiger partial charge in [0.25, 0.3) is 0 Å². The molecule has 0 unspecified atom stereocenters.